The van der Waals surface area contributed by atoms with Crippen LogP contribution in [0, 0.1) is 5.92 Å². The number of piperidine rings is 1. The number of aryl methyl sites for hydroxylation is 1. The van der Waals surface area contributed by atoms with E-state index in [-0.39, 0.29) is 17.6 Å². The number of hydrogen-bond donors (Lipinski definition) is 0. The van der Waals surface area contributed by atoms with Crippen molar-refractivity contribution in [3.8, 4) is 5.75 Å². The van der Waals surface area contributed by atoms with Crippen molar-refractivity contribution in [2.45, 2.75) is 38.8 Å². The quantitative estimate of drug-likeness (QED) is 0.475. The number of hydrogen-bond acceptors (Lipinski definition) is 7. The molecule has 5 rings (SSSR count). The molecule has 36 heavy (non-hydrogen) atoms. The summed E-state index contributed by atoms with van der Waals surface area (Å²) in [5.74, 6) is 1.11. The fourth-order valence-electron chi connectivity index (χ4n) is 5.03. The lowest BCUT2D eigenvalue weighted by molar-refractivity contribution is -0.131. The van der Waals surface area contributed by atoms with Crippen LogP contribution in [-0.2, 0) is 24.3 Å². The summed E-state index contributed by atoms with van der Waals surface area (Å²) in [5, 5.41) is 0. The van der Waals surface area contributed by atoms with E-state index in [1.807, 2.05) is 23.1 Å². The van der Waals surface area contributed by atoms with Crippen LogP contribution in [0.1, 0.15) is 46.4 Å². The second-order valence-electron chi connectivity index (χ2n) is 9.48. The SMILES string of the molecule is O=C(c1cccnc1)C1CCCN(Cc2ccc3c(c2)CN(C(=O)CCc2cnccn2)CCO3)C1. The van der Waals surface area contributed by atoms with Crippen molar-refractivity contribution in [2.75, 3.05) is 26.2 Å². The van der Waals surface area contributed by atoms with Crippen LogP contribution in [0.5, 0.6) is 5.75 Å². The minimum atomic E-state index is -0.00507. The van der Waals surface area contributed by atoms with E-state index >= 15 is 0 Å². The highest BCUT2D eigenvalue weighted by atomic mass is 16.5. The molecular formula is C28H31N5O3. The Morgan fingerprint density at radius 2 is 1.97 bits per heavy atom. The van der Waals surface area contributed by atoms with Crippen molar-refractivity contribution in [1.82, 2.24) is 24.8 Å². The number of likely N-dealkylation sites (tertiary alicyclic amines) is 1. The number of Topliss-reactive ketones (excluding diaryl/α,β-unsaturated/α-hetero) is 1. The van der Waals surface area contributed by atoms with Gasteiger partial charge >= 0.3 is 0 Å². The lowest BCUT2D eigenvalue weighted by atomic mass is 9.90. The fourth-order valence-corrected chi connectivity index (χ4v) is 5.03. The average Bonchev–Trinajstić information content (AvgIpc) is 3.15. The monoisotopic (exact) mass is 485 g/mol. The zero-order valence-corrected chi connectivity index (χ0v) is 20.4. The molecule has 1 amide bonds. The predicted molar refractivity (Wildman–Crippen MR) is 134 cm³/mol. The first-order valence-corrected chi connectivity index (χ1v) is 12.6. The minimum absolute atomic E-state index is 0.00507. The number of ketones is 1. The zero-order valence-electron chi connectivity index (χ0n) is 20.4. The zero-order chi connectivity index (χ0) is 24.7. The number of pyridine rings is 1. The molecule has 8 nitrogen and oxygen atoms in total. The van der Waals surface area contributed by atoms with Gasteiger partial charge in [0, 0.05) is 74.1 Å². The number of nitrogens with zero attached hydrogens (tertiary/aromatic N) is 5. The number of fused-ring (bicyclic) bond motifs is 1. The molecule has 1 saturated heterocycles. The third kappa shape index (κ3) is 5.94. The maximum absolute atomic E-state index is 12.9. The second-order valence-corrected chi connectivity index (χ2v) is 9.48. The molecule has 0 aliphatic carbocycles. The number of amides is 1. The van der Waals surface area contributed by atoms with E-state index in [0.717, 1.165) is 49.5 Å². The molecule has 4 heterocycles. The van der Waals surface area contributed by atoms with Gasteiger partial charge in [0.05, 0.1) is 12.2 Å². The average molecular weight is 486 g/mol. The van der Waals surface area contributed by atoms with Gasteiger partial charge in [-0.3, -0.25) is 29.4 Å². The first-order chi connectivity index (χ1) is 17.7. The molecule has 2 aliphatic heterocycles. The number of aromatic nitrogens is 3. The molecule has 0 bridgehead atoms. The van der Waals surface area contributed by atoms with Gasteiger partial charge in [-0.05, 0) is 55.6 Å². The van der Waals surface area contributed by atoms with E-state index in [4.69, 9.17) is 4.74 Å². The van der Waals surface area contributed by atoms with Gasteiger partial charge in [-0.1, -0.05) is 6.07 Å². The van der Waals surface area contributed by atoms with E-state index in [2.05, 4.69) is 32.0 Å². The van der Waals surface area contributed by atoms with Gasteiger partial charge in [-0.25, -0.2) is 0 Å². The Hall–Kier alpha value is -3.65. The Morgan fingerprint density at radius 1 is 1.06 bits per heavy atom. The maximum atomic E-state index is 12.9. The molecule has 2 aromatic heterocycles. The minimum Gasteiger partial charge on any atom is -0.491 e. The Kier molecular flexibility index (Phi) is 7.61. The summed E-state index contributed by atoms with van der Waals surface area (Å²) in [6, 6.07) is 9.92. The molecule has 0 N–H and O–H groups in total. The summed E-state index contributed by atoms with van der Waals surface area (Å²) in [5.41, 5.74) is 3.70. The van der Waals surface area contributed by atoms with Crippen molar-refractivity contribution >= 4 is 11.7 Å². The van der Waals surface area contributed by atoms with Crippen LogP contribution in [0.25, 0.3) is 0 Å². The lowest BCUT2D eigenvalue weighted by Gasteiger charge is -2.32. The Labute approximate surface area is 211 Å². The summed E-state index contributed by atoms with van der Waals surface area (Å²) in [6.07, 6.45) is 11.2. The first kappa shape index (κ1) is 24.1. The van der Waals surface area contributed by atoms with Gasteiger partial charge in [0.25, 0.3) is 0 Å². The second kappa shape index (κ2) is 11.4. The van der Waals surface area contributed by atoms with Gasteiger partial charge < -0.3 is 9.64 Å². The highest BCUT2D eigenvalue weighted by Crippen LogP contribution is 2.27. The first-order valence-electron chi connectivity index (χ1n) is 12.6. The molecule has 8 heteroatoms. The highest BCUT2D eigenvalue weighted by molar-refractivity contribution is 5.97. The Balaban J connectivity index is 1.21. The van der Waals surface area contributed by atoms with E-state index in [1.54, 1.807) is 31.0 Å². The van der Waals surface area contributed by atoms with Crippen LogP contribution in [-0.4, -0.2) is 62.7 Å². The van der Waals surface area contributed by atoms with Crippen LogP contribution in [0.3, 0.4) is 0 Å². The van der Waals surface area contributed by atoms with Crippen molar-refractivity contribution in [2.24, 2.45) is 5.92 Å². The third-order valence-corrected chi connectivity index (χ3v) is 6.90. The maximum Gasteiger partial charge on any atom is 0.223 e. The molecule has 0 spiro atoms. The van der Waals surface area contributed by atoms with Gasteiger partial charge in [0.2, 0.25) is 5.91 Å². The van der Waals surface area contributed by atoms with E-state index in [1.165, 1.54) is 5.56 Å². The van der Waals surface area contributed by atoms with Crippen LogP contribution in [0.4, 0.5) is 0 Å². The molecule has 1 atom stereocenters. The number of rotatable bonds is 7. The van der Waals surface area contributed by atoms with Crippen LogP contribution in [0.15, 0.2) is 61.3 Å². The smallest absolute Gasteiger partial charge is 0.223 e. The molecule has 0 radical (unpaired) electrons. The van der Waals surface area contributed by atoms with Crippen LogP contribution >= 0.6 is 0 Å². The van der Waals surface area contributed by atoms with Gasteiger partial charge in [-0.2, -0.15) is 0 Å². The van der Waals surface area contributed by atoms with Crippen molar-refractivity contribution < 1.29 is 14.3 Å². The lowest BCUT2D eigenvalue weighted by Crippen LogP contribution is -2.38. The Morgan fingerprint density at radius 3 is 2.81 bits per heavy atom. The van der Waals surface area contributed by atoms with Crippen molar-refractivity contribution in [3.63, 3.8) is 0 Å². The van der Waals surface area contributed by atoms with Crippen molar-refractivity contribution in [3.05, 3.63) is 83.7 Å². The molecular weight excluding hydrogens is 454 g/mol. The highest BCUT2D eigenvalue weighted by Gasteiger charge is 2.27. The fraction of sp³-hybridized carbons (Fsp3) is 0.393. The standard InChI is InChI=1S/C28H31N5O3/c34-27(8-6-25-17-30-10-11-31-25)33-13-14-36-26-7-5-21(15-24(26)20-33)18-32-12-2-4-23(19-32)28(35)22-3-1-9-29-16-22/h1,3,5,7,9-11,15-17,23H,2,4,6,8,12-14,18-20H2. The van der Waals surface area contributed by atoms with Gasteiger partial charge in [-0.15, -0.1) is 0 Å². The molecule has 1 fully saturated rings. The summed E-state index contributed by atoms with van der Waals surface area (Å²) in [7, 11) is 0. The molecule has 1 aromatic carbocycles. The van der Waals surface area contributed by atoms with Crippen molar-refractivity contribution in [1.29, 1.82) is 0 Å². The van der Waals surface area contributed by atoms with Gasteiger partial charge in [0.15, 0.2) is 5.78 Å². The number of carbonyl (C=O) groups is 2. The normalized spacial score (nSPS) is 18.1. The molecule has 3 aromatic rings. The van der Waals surface area contributed by atoms with E-state index in [0.29, 0.717) is 38.1 Å². The molecule has 2 aliphatic rings. The van der Waals surface area contributed by atoms with E-state index in [9.17, 15) is 9.59 Å². The van der Waals surface area contributed by atoms with E-state index < -0.39 is 0 Å². The third-order valence-electron chi connectivity index (χ3n) is 6.90. The predicted octanol–water partition coefficient (Wildman–Crippen LogP) is 3.32. The topological polar surface area (TPSA) is 88.5 Å². The van der Waals surface area contributed by atoms with Gasteiger partial charge in [0.1, 0.15) is 12.4 Å². The summed E-state index contributed by atoms with van der Waals surface area (Å²) < 4.78 is 5.95. The largest absolute Gasteiger partial charge is 0.491 e. The summed E-state index contributed by atoms with van der Waals surface area (Å²) in [6.45, 7) is 4.06. The summed E-state index contributed by atoms with van der Waals surface area (Å²) in [4.78, 5) is 42.5. The molecule has 1 unspecified atom stereocenters. The molecule has 0 saturated carbocycles. The molecule has 186 valence electrons. The van der Waals surface area contributed by atoms with Crippen LogP contribution in [0.2, 0.25) is 0 Å². The number of ether oxygens (including phenoxy) is 1. The number of benzene rings is 1. The summed E-state index contributed by atoms with van der Waals surface area (Å²) >= 11 is 0. The Bertz CT molecular complexity index is 1190. The number of carbonyl (C=O) groups excluding carboxylic acids is 2. The van der Waals surface area contributed by atoms with Crippen LogP contribution < -0.4 is 4.74 Å².